The smallest absolute Gasteiger partial charge is 0.252 e. The van der Waals surface area contributed by atoms with Gasteiger partial charge in [0.2, 0.25) is 3.79 Å². The van der Waals surface area contributed by atoms with E-state index in [1.54, 1.807) is 66.7 Å². The van der Waals surface area contributed by atoms with Crippen molar-refractivity contribution in [2.24, 2.45) is 0 Å². The van der Waals surface area contributed by atoms with Crippen LogP contribution in [0.1, 0.15) is 20.7 Å². The normalized spacial score (nSPS) is 13.2. The van der Waals surface area contributed by atoms with Crippen LogP contribution in [0.4, 0.5) is 0 Å². The molecule has 2 atom stereocenters. The Hall–Kier alpha value is -1.39. The Morgan fingerprint density at radius 3 is 1.86 bits per heavy atom. The van der Waals surface area contributed by atoms with Gasteiger partial charge in [-0.2, -0.15) is 0 Å². The van der Waals surface area contributed by atoms with Crippen LogP contribution >= 0.6 is 81.5 Å². The molecule has 6 nitrogen and oxygen atoms in total. The zero-order chi connectivity index (χ0) is 25.4. The number of carbonyl (C=O) groups is 2. The first-order valence-corrected chi connectivity index (χ1v) is 13.6. The topological polar surface area (TPSA) is 84.0 Å². The molecule has 0 aliphatic carbocycles. The van der Waals surface area contributed by atoms with Crippen LogP contribution in [0, 0.1) is 0 Å². The second kappa shape index (κ2) is 13.2. The van der Waals surface area contributed by atoms with Crippen LogP contribution in [0.5, 0.6) is 0 Å². The zero-order valence-corrected chi connectivity index (χ0v) is 23.0. The third-order valence-electron chi connectivity index (χ3n) is 4.21. The third kappa shape index (κ3) is 8.89. The molecule has 1 aromatic heterocycles. The van der Waals surface area contributed by atoms with Crippen molar-refractivity contribution in [3.8, 4) is 0 Å². The Labute approximate surface area is 235 Å². The van der Waals surface area contributed by atoms with E-state index in [1.807, 2.05) is 0 Å². The number of halogens is 5. The molecule has 2 unspecified atom stereocenters. The van der Waals surface area contributed by atoms with Gasteiger partial charge in [-0.25, -0.2) is 9.97 Å². The number of amides is 2. The van der Waals surface area contributed by atoms with Gasteiger partial charge in [-0.05, 0) is 30.3 Å². The lowest BCUT2D eigenvalue weighted by Crippen LogP contribution is -2.41. The summed E-state index contributed by atoms with van der Waals surface area (Å²) in [6.45, 7) is 0. The summed E-state index contributed by atoms with van der Waals surface area (Å²) in [6.07, 6.45) is 1.50. The van der Waals surface area contributed by atoms with Crippen molar-refractivity contribution in [3.05, 3.63) is 84.1 Å². The summed E-state index contributed by atoms with van der Waals surface area (Å²) in [6, 6.07) is 18.8. The van der Waals surface area contributed by atoms with Crippen molar-refractivity contribution in [1.82, 2.24) is 20.6 Å². The van der Waals surface area contributed by atoms with Crippen LogP contribution in [0.15, 0.2) is 83.1 Å². The number of rotatable bonds is 9. The first-order valence-electron chi connectivity index (χ1n) is 9.86. The molecule has 3 aromatic rings. The van der Waals surface area contributed by atoms with E-state index < -0.39 is 25.3 Å². The maximum Gasteiger partial charge on any atom is 0.252 e. The van der Waals surface area contributed by atoms with Crippen molar-refractivity contribution in [2.45, 2.75) is 29.6 Å². The average Bonchev–Trinajstić information content (AvgIpc) is 2.84. The fraction of sp³-hybridized carbons (Fsp3) is 0.182. The van der Waals surface area contributed by atoms with Crippen molar-refractivity contribution in [1.29, 1.82) is 0 Å². The van der Waals surface area contributed by atoms with E-state index in [-0.39, 0.29) is 11.1 Å². The van der Waals surface area contributed by atoms with Crippen LogP contribution in [0.25, 0.3) is 0 Å². The molecule has 0 aliphatic heterocycles. The van der Waals surface area contributed by atoms with E-state index in [4.69, 9.17) is 58.0 Å². The summed E-state index contributed by atoms with van der Waals surface area (Å²) in [5.41, 5.74) is 0.871. The molecule has 13 heteroatoms. The van der Waals surface area contributed by atoms with Gasteiger partial charge in [0.1, 0.15) is 20.6 Å². The van der Waals surface area contributed by atoms with Crippen molar-refractivity contribution in [3.63, 3.8) is 0 Å². The molecule has 0 aliphatic rings. The molecular weight excluding hydrogens is 594 g/mol. The second-order valence-corrected chi connectivity index (χ2v) is 12.5. The van der Waals surface area contributed by atoms with Crippen molar-refractivity contribution >= 4 is 93.3 Å². The quantitative estimate of drug-likeness (QED) is 0.0967. The molecule has 35 heavy (non-hydrogen) atoms. The van der Waals surface area contributed by atoms with Gasteiger partial charge in [0.05, 0.1) is 0 Å². The summed E-state index contributed by atoms with van der Waals surface area (Å²) in [5, 5.41) is 4.46. The van der Waals surface area contributed by atoms with E-state index in [9.17, 15) is 9.59 Å². The first-order chi connectivity index (χ1) is 16.6. The molecule has 1 heterocycles. The molecule has 2 N–H and O–H groups in total. The minimum absolute atomic E-state index is 0.275. The van der Waals surface area contributed by atoms with E-state index >= 15 is 0 Å². The maximum absolute atomic E-state index is 12.6. The lowest BCUT2D eigenvalue weighted by atomic mass is 10.2. The van der Waals surface area contributed by atoms with Gasteiger partial charge in [0.25, 0.3) is 11.8 Å². The highest BCUT2D eigenvalue weighted by atomic mass is 35.6. The van der Waals surface area contributed by atoms with Crippen molar-refractivity contribution < 1.29 is 9.59 Å². The number of hydrogen-bond acceptors (Lipinski definition) is 6. The summed E-state index contributed by atoms with van der Waals surface area (Å²) < 4.78 is -1.84. The Morgan fingerprint density at radius 2 is 1.34 bits per heavy atom. The second-order valence-electron chi connectivity index (χ2n) is 6.77. The molecule has 2 amide bonds. The minimum atomic E-state index is -1.84. The lowest BCUT2D eigenvalue weighted by Gasteiger charge is -2.25. The van der Waals surface area contributed by atoms with Crippen LogP contribution < -0.4 is 10.6 Å². The molecule has 3 rings (SSSR count). The van der Waals surface area contributed by atoms with Crippen LogP contribution in [0.2, 0.25) is 0 Å². The number of thioether (sulfide) groups is 2. The predicted molar refractivity (Wildman–Crippen MR) is 145 cm³/mol. The minimum Gasteiger partial charge on any atom is -0.337 e. The number of alkyl halides is 5. The summed E-state index contributed by atoms with van der Waals surface area (Å²) in [4.78, 5) is 32.8. The number of aromatic nitrogens is 2. The fourth-order valence-corrected chi connectivity index (χ4v) is 5.24. The molecule has 0 saturated heterocycles. The number of hydrogen-bond donors (Lipinski definition) is 2. The highest BCUT2D eigenvalue weighted by Crippen LogP contribution is 2.39. The van der Waals surface area contributed by atoms with Gasteiger partial charge in [-0.15, -0.1) is 23.2 Å². The van der Waals surface area contributed by atoms with E-state index in [1.165, 1.54) is 6.20 Å². The van der Waals surface area contributed by atoms with Crippen LogP contribution in [-0.4, -0.2) is 41.2 Å². The lowest BCUT2D eigenvalue weighted by molar-refractivity contribution is 0.0942. The molecule has 0 radical (unpaired) electrons. The van der Waals surface area contributed by atoms with Crippen LogP contribution in [-0.2, 0) is 0 Å². The Bertz CT molecular complexity index is 1140. The largest absolute Gasteiger partial charge is 0.337 e. The SMILES string of the molecule is O=C(NC(Sc1nccc(SC(NC(=O)c2ccccc2)C(Cl)(Cl)Cl)n1)C(Cl)Cl)c1ccccc1. The fourth-order valence-electron chi connectivity index (χ4n) is 2.60. The summed E-state index contributed by atoms with van der Waals surface area (Å²) in [5.74, 6) is -0.756. The molecule has 0 bridgehead atoms. The van der Waals surface area contributed by atoms with E-state index in [0.29, 0.717) is 16.2 Å². The maximum atomic E-state index is 12.6. The average molecular weight is 611 g/mol. The number of benzene rings is 2. The van der Waals surface area contributed by atoms with Crippen LogP contribution in [0.3, 0.4) is 0 Å². The van der Waals surface area contributed by atoms with E-state index in [2.05, 4.69) is 20.6 Å². The Balaban J connectivity index is 1.72. The van der Waals surface area contributed by atoms with Gasteiger partial charge in [0, 0.05) is 17.3 Å². The van der Waals surface area contributed by atoms with Crippen molar-refractivity contribution in [2.75, 3.05) is 0 Å². The molecule has 0 fully saturated rings. The Kier molecular flexibility index (Phi) is 10.7. The monoisotopic (exact) mass is 608 g/mol. The summed E-state index contributed by atoms with van der Waals surface area (Å²) in [7, 11) is 0. The van der Waals surface area contributed by atoms with Gasteiger partial charge >= 0.3 is 0 Å². The number of nitrogens with one attached hydrogen (secondary N) is 2. The molecule has 2 aromatic carbocycles. The third-order valence-corrected chi connectivity index (χ3v) is 8.29. The first kappa shape index (κ1) is 28.2. The van der Waals surface area contributed by atoms with Gasteiger partial charge < -0.3 is 10.6 Å². The number of carbonyl (C=O) groups excluding carboxylic acids is 2. The Morgan fingerprint density at radius 1 is 0.800 bits per heavy atom. The van der Waals surface area contributed by atoms with Gasteiger partial charge in [0.15, 0.2) is 5.16 Å². The highest BCUT2D eigenvalue weighted by Gasteiger charge is 2.35. The molecule has 184 valence electrons. The predicted octanol–water partition coefficient (Wildman–Crippen LogP) is 6.35. The van der Waals surface area contributed by atoms with Gasteiger partial charge in [-0.3, -0.25) is 9.59 Å². The molecule has 0 spiro atoms. The summed E-state index contributed by atoms with van der Waals surface area (Å²) >= 11 is 32.7. The standard InChI is InChI=1S/C22H17Cl5N4O2S2/c23-16(24)19(30-17(32)13-7-3-1-4-8-13)35-21-28-12-11-15(29-21)34-20(22(25,26)27)31-18(33)14-9-5-2-6-10-14/h1-12,16,19-20H,(H,30,32)(H,31,33). The zero-order valence-electron chi connectivity index (χ0n) is 17.6. The number of nitrogens with zero attached hydrogens (tertiary/aromatic N) is 2. The van der Waals surface area contributed by atoms with Gasteiger partial charge in [-0.1, -0.05) is 94.7 Å². The molecule has 0 saturated carbocycles. The molecular formula is C22H17Cl5N4O2S2. The van der Waals surface area contributed by atoms with E-state index in [0.717, 1.165) is 23.5 Å². The highest BCUT2D eigenvalue weighted by molar-refractivity contribution is 8.00.